The van der Waals surface area contributed by atoms with E-state index in [0.29, 0.717) is 39.3 Å². The first kappa shape index (κ1) is 22.1. The van der Waals surface area contributed by atoms with Gasteiger partial charge in [-0.05, 0) is 38.0 Å². The minimum Gasteiger partial charge on any atom is -0.357 e. The van der Waals surface area contributed by atoms with Crippen LogP contribution in [0.25, 0.3) is 5.69 Å². The number of aromatic nitrogens is 2. The van der Waals surface area contributed by atoms with Gasteiger partial charge in [0.1, 0.15) is 6.04 Å². The van der Waals surface area contributed by atoms with E-state index in [4.69, 9.17) is 0 Å². The number of aliphatic imine (C=N–C) groups is 1. The lowest BCUT2D eigenvalue weighted by molar-refractivity contribution is -0.181. The van der Waals surface area contributed by atoms with Crippen LogP contribution in [-0.4, -0.2) is 77.0 Å². The third-order valence-electron chi connectivity index (χ3n) is 5.29. The predicted molar refractivity (Wildman–Crippen MR) is 112 cm³/mol. The highest BCUT2D eigenvalue weighted by Crippen LogP contribution is 2.25. The zero-order valence-corrected chi connectivity index (χ0v) is 17.4. The molecule has 0 bridgehead atoms. The van der Waals surface area contributed by atoms with E-state index in [1.165, 1.54) is 11.8 Å². The Morgan fingerprint density at radius 2 is 1.87 bits per heavy atom. The molecule has 3 rings (SSSR count). The van der Waals surface area contributed by atoms with Crippen molar-refractivity contribution in [2.75, 3.05) is 39.3 Å². The van der Waals surface area contributed by atoms with Gasteiger partial charge in [-0.3, -0.25) is 9.89 Å². The first-order valence-corrected chi connectivity index (χ1v) is 10.3. The second-order valence-corrected chi connectivity index (χ2v) is 7.35. The van der Waals surface area contributed by atoms with Gasteiger partial charge < -0.3 is 10.2 Å². The lowest BCUT2D eigenvalue weighted by atomic mass is 10.2. The highest BCUT2D eigenvalue weighted by atomic mass is 19.4. The van der Waals surface area contributed by atoms with Crippen LogP contribution in [0.4, 0.5) is 13.2 Å². The Morgan fingerprint density at radius 1 is 1.17 bits per heavy atom. The van der Waals surface area contributed by atoms with Crippen molar-refractivity contribution < 1.29 is 13.2 Å². The molecule has 6 nitrogen and oxygen atoms in total. The lowest BCUT2D eigenvalue weighted by Gasteiger charge is -2.39. The molecule has 1 unspecified atom stereocenters. The molecule has 1 fully saturated rings. The number of nitrogens with zero attached hydrogens (tertiary/aromatic N) is 5. The third-order valence-corrected chi connectivity index (χ3v) is 5.29. The maximum atomic E-state index is 12.9. The maximum absolute atomic E-state index is 12.9. The van der Waals surface area contributed by atoms with Gasteiger partial charge in [-0.25, -0.2) is 4.68 Å². The Labute approximate surface area is 175 Å². The van der Waals surface area contributed by atoms with Crippen LogP contribution in [0, 0.1) is 0 Å². The molecule has 1 aromatic carbocycles. The van der Waals surface area contributed by atoms with Gasteiger partial charge >= 0.3 is 6.18 Å². The van der Waals surface area contributed by atoms with Crippen molar-refractivity contribution >= 4 is 5.96 Å². The van der Waals surface area contributed by atoms with Crippen molar-refractivity contribution in [3.05, 3.63) is 48.3 Å². The van der Waals surface area contributed by atoms with Gasteiger partial charge in [0.05, 0.1) is 11.9 Å². The molecule has 1 aromatic heterocycles. The molecular formula is C21H29F3N6. The standard InChI is InChI=1S/C21H29F3N6/c1-3-25-20(29-13-11-28(12-14-29)17(2)21(22,23)24)26-10-9-18-15-27-30(16-18)19-7-5-4-6-8-19/h4-8,15-17H,3,9-14H2,1-2H3,(H,25,26). The highest BCUT2D eigenvalue weighted by Gasteiger charge is 2.41. The molecule has 1 N–H and O–H groups in total. The van der Waals surface area contributed by atoms with Crippen LogP contribution in [0.3, 0.4) is 0 Å². The quantitative estimate of drug-likeness (QED) is 0.575. The van der Waals surface area contributed by atoms with Crippen molar-refractivity contribution in [1.29, 1.82) is 0 Å². The van der Waals surface area contributed by atoms with Gasteiger partial charge in [0.25, 0.3) is 0 Å². The van der Waals surface area contributed by atoms with Gasteiger partial charge in [0, 0.05) is 45.5 Å². The molecule has 2 heterocycles. The van der Waals surface area contributed by atoms with Crippen molar-refractivity contribution in [1.82, 2.24) is 24.9 Å². The average molecular weight is 422 g/mol. The molecule has 0 aliphatic carbocycles. The normalized spacial score (nSPS) is 17.2. The van der Waals surface area contributed by atoms with E-state index in [0.717, 1.165) is 23.6 Å². The number of benzene rings is 1. The number of piperazine rings is 1. The van der Waals surface area contributed by atoms with E-state index >= 15 is 0 Å². The number of nitrogens with one attached hydrogen (secondary N) is 1. The summed E-state index contributed by atoms with van der Waals surface area (Å²) < 4.78 is 40.7. The molecule has 0 spiro atoms. The maximum Gasteiger partial charge on any atom is 0.403 e. The van der Waals surface area contributed by atoms with E-state index in [-0.39, 0.29) is 0 Å². The second kappa shape index (κ2) is 9.97. The Balaban J connectivity index is 1.55. The number of halogens is 3. The molecule has 9 heteroatoms. The summed E-state index contributed by atoms with van der Waals surface area (Å²) in [4.78, 5) is 8.21. The van der Waals surface area contributed by atoms with Crippen molar-refractivity contribution in [3.63, 3.8) is 0 Å². The van der Waals surface area contributed by atoms with Crippen LogP contribution in [0.1, 0.15) is 19.4 Å². The van der Waals surface area contributed by atoms with Crippen LogP contribution in [0.5, 0.6) is 0 Å². The van der Waals surface area contributed by atoms with Crippen molar-refractivity contribution in [2.45, 2.75) is 32.5 Å². The predicted octanol–water partition coefficient (Wildman–Crippen LogP) is 2.95. The molecule has 0 radical (unpaired) electrons. The number of rotatable bonds is 6. The van der Waals surface area contributed by atoms with E-state index in [1.54, 1.807) is 0 Å². The molecule has 30 heavy (non-hydrogen) atoms. The second-order valence-electron chi connectivity index (χ2n) is 7.35. The van der Waals surface area contributed by atoms with E-state index in [1.807, 2.05) is 59.2 Å². The third kappa shape index (κ3) is 5.75. The Bertz CT molecular complexity index is 810. The Morgan fingerprint density at radius 3 is 2.50 bits per heavy atom. The lowest BCUT2D eigenvalue weighted by Crippen LogP contribution is -2.56. The SMILES string of the molecule is CCNC(=NCCc1cnn(-c2ccccc2)c1)N1CCN(C(C)C(F)(F)F)CC1. The molecule has 0 amide bonds. The Kier molecular flexibility index (Phi) is 7.36. The summed E-state index contributed by atoms with van der Waals surface area (Å²) in [5, 5.41) is 7.66. The van der Waals surface area contributed by atoms with Crippen molar-refractivity contribution in [2.24, 2.45) is 4.99 Å². The molecule has 1 atom stereocenters. The fraction of sp³-hybridized carbons (Fsp3) is 0.524. The number of alkyl halides is 3. The molecule has 164 valence electrons. The zero-order valence-electron chi connectivity index (χ0n) is 17.4. The van der Waals surface area contributed by atoms with Crippen LogP contribution in [-0.2, 0) is 6.42 Å². The van der Waals surface area contributed by atoms with E-state index in [2.05, 4.69) is 15.4 Å². The summed E-state index contributed by atoms with van der Waals surface area (Å²) >= 11 is 0. The topological polar surface area (TPSA) is 48.7 Å². The van der Waals surface area contributed by atoms with Crippen LogP contribution >= 0.6 is 0 Å². The largest absolute Gasteiger partial charge is 0.403 e. The monoisotopic (exact) mass is 422 g/mol. The first-order valence-electron chi connectivity index (χ1n) is 10.3. The van der Waals surface area contributed by atoms with Crippen molar-refractivity contribution in [3.8, 4) is 5.69 Å². The van der Waals surface area contributed by atoms with Gasteiger partial charge in [0.2, 0.25) is 0 Å². The number of hydrogen-bond acceptors (Lipinski definition) is 3. The summed E-state index contributed by atoms with van der Waals surface area (Å²) in [5.74, 6) is 0.757. The van der Waals surface area contributed by atoms with Crippen LogP contribution in [0.15, 0.2) is 47.7 Å². The van der Waals surface area contributed by atoms with Gasteiger partial charge in [-0.2, -0.15) is 18.3 Å². The smallest absolute Gasteiger partial charge is 0.357 e. The van der Waals surface area contributed by atoms with Gasteiger partial charge in [0.15, 0.2) is 5.96 Å². The number of hydrogen-bond donors (Lipinski definition) is 1. The summed E-state index contributed by atoms with van der Waals surface area (Å²) in [7, 11) is 0. The number of para-hydroxylation sites is 1. The summed E-state index contributed by atoms with van der Waals surface area (Å²) in [6.45, 7) is 6.30. The van der Waals surface area contributed by atoms with Gasteiger partial charge in [-0.1, -0.05) is 18.2 Å². The number of guanidine groups is 1. The minimum atomic E-state index is -4.19. The summed E-state index contributed by atoms with van der Waals surface area (Å²) in [6, 6.07) is 8.49. The fourth-order valence-corrected chi connectivity index (χ4v) is 3.46. The minimum absolute atomic E-state index is 0.370. The summed E-state index contributed by atoms with van der Waals surface area (Å²) in [5.41, 5.74) is 2.09. The van der Waals surface area contributed by atoms with E-state index in [9.17, 15) is 13.2 Å². The van der Waals surface area contributed by atoms with E-state index < -0.39 is 12.2 Å². The molecule has 0 saturated carbocycles. The molecule has 1 aliphatic heterocycles. The van der Waals surface area contributed by atoms with Crippen LogP contribution in [0.2, 0.25) is 0 Å². The molecular weight excluding hydrogens is 393 g/mol. The summed E-state index contributed by atoms with van der Waals surface area (Å²) in [6.07, 6.45) is 0.388. The Hall–Kier alpha value is -2.55. The van der Waals surface area contributed by atoms with Crippen LogP contribution < -0.4 is 5.32 Å². The first-order chi connectivity index (χ1) is 14.4. The molecule has 1 aliphatic rings. The highest BCUT2D eigenvalue weighted by molar-refractivity contribution is 5.80. The fourth-order valence-electron chi connectivity index (χ4n) is 3.46. The van der Waals surface area contributed by atoms with Gasteiger partial charge in [-0.15, -0.1) is 0 Å². The molecule has 1 saturated heterocycles. The average Bonchev–Trinajstić information content (AvgIpc) is 3.22. The molecule has 2 aromatic rings. The zero-order chi connectivity index (χ0) is 21.6.